The molecule has 1 saturated heterocycles. The number of piperidine rings is 1. The first-order valence-corrected chi connectivity index (χ1v) is 8.64. The van der Waals surface area contributed by atoms with E-state index in [0.717, 1.165) is 37.9 Å². The fraction of sp³-hybridized carbons (Fsp3) is 0.611. The van der Waals surface area contributed by atoms with Crippen molar-refractivity contribution in [2.45, 2.75) is 32.2 Å². The standard InChI is InChI=1S/C18H28N4/c1-15-8-12-22(13-9-15)17(16-6-3-2-4-7-16)14-21-18-19-10-5-11-20-18/h2-4,6-7,15,17H,5,8-14H2,1H3,(H2,19,20,21)/t17-/m0/s1. The van der Waals surface area contributed by atoms with Gasteiger partial charge in [-0.15, -0.1) is 0 Å². The second-order valence-electron chi connectivity index (χ2n) is 6.54. The Labute approximate surface area is 134 Å². The zero-order valence-electron chi connectivity index (χ0n) is 13.6. The molecule has 4 heteroatoms. The lowest BCUT2D eigenvalue weighted by Gasteiger charge is -2.37. The van der Waals surface area contributed by atoms with Crippen molar-refractivity contribution >= 4 is 5.96 Å². The van der Waals surface area contributed by atoms with Gasteiger partial charge in [0.2, 0.25) is 0 Å². The molecule has 1 fully saturated rings. The van der Waals surface area contributed by atoms with E-state index in [4.69, 9.17) is 0 Å². The fourth-order valence-electron chi connectivity index (χ4n) is 3.32. The summed E-state index contributed by atoms with van der Waals surface area (Å²) < 4.78 is 0. The first-order chi connectivity index (χ1) is 10.8. The number of guanidine groups is 1. The number of benzene rings is 1. The van der Waals surface area contributed by atoms with E-state index in [2.05, 4.69) is 57.8 Å². The van der Waals surface area contributed by atoms with Gasteiger partial charge in [0.05, 0.1) is 6.04 Å². The van der Waals surface area contributed by atoms with E-state index < -0.39 is 0 Å². The van der Waals surface area contributed by atoms with Crippen molar-refractivity contribution in [1.82, 2.24) is 15.5 Å². The summed E-state index contributed by atoms with van der Waals surface area (Å²) in [6.45, 7) is 7.65. The van der Waals surface area contributed by atoms with Crippen LogP contribution in [0.3, 0.4) is 0 Å². The minimum absolute atomic E-state index is 0.431. The molecule has 1 atom stereocenters. The lowest BCUT2D eigenvalue weighted by Crippen LogP contribution is -2.46. The van der Waals surface area contributed by atoms with Gasteiger partial charge in [-0.25, -0.2) is 0 Å². The van der Waals surface area contributed by atoms with Gasteiger partial charge in [-0.2, -0.15) is 0 Å². The molecule has 1 aromatic rings. The van der Waals surface area contributed by atoms with Crippen molar-refractivity contribution < 1.29 is 0 Å². The molecule has 3 rings (SSSR count). The molecule has 1 aromatic carbocycles. The Morgan fingerprint density at radius 3 is 2.73 bits per heavy atom. The third-order valence-electron chi connectivity index (χ3n) is 4.80. The largest absolute Gasteiger partial charge is 0.356 e. The van der Waals surface area contributed by atoms with E-state index in [1.54, 1.807) is 0 Å². The van der Waals surface area contributed by atoms with Gasteiger partial charge in [-0.3, -0.25) is 9.89 Å². The quantitative estimate of drug-likeness (QED) is 0.897. The highest BCUT2D eigenvalue weighted by atomic mass is 15.2. The predicted molar refractivity (Wildman–Crippen MR) is 92.1 cm³/mol. The van der Waals surface area contributed by atoms with E-state index in [1.165, 1.54) is 31.5 Å². The number of nitrogens with one attached hydrogen (secondary N) is 2. The monoisotopic (exact) mass is 300 g/mol. The minimum Gasteiger partial charge on any atom is -0.356 e. The second-order valence-corrected chi connectivity index (χ2v) is 6.54. The van der Waals surface area contributed by atoms with E-state index in [1.807, 2.05) is 0 Å². The van der Waals surface area contributed by atoms with E-state index in [9.17, 15) is 0 Å². The highest BCUT2D eigenvalue weighted by molar-refractivity contribution is 5.80. The maximum atomic E-state index is 4.53. The highest BCUT2D eigenvalue weighted by Gasteiger charge is 2.24. The van der Waals surface area contributed by atoms with Gasteiger partial charge in [0, 0.05) is 19.6 Å². The lowest BCUT2D eigenvalue weighted by atomic mass is 9.95. The Morgan fingerprint density at radius 1 is 1.27 bits per heavy atom. The molecule has 120 valence electrons. The van der Waals surface area contributed by atoms with Crippen molar-refractivity contribution in [3.05, 3.63) is 35.9 Å². The van der Waals surface area contributed by atoms with E-state index in [-0.39, 0.29) is 0 Å². The van der Waals surface area contributed by atoms with Crippen LogP contribution in [0.2, 0.25) is 0 Å². The van der Waals surface area contributed by atoms with Crippen LogP contribution in [-0.4, -0.2) is 43.6 Å². The van der Waals surface area contributed by atoms with Crippen LogP contribution in [0.15, 0.2) is 35.3 Å². The van der Waals surface area contributed by atoms with Crippen LogP contribution < -0.4 is 10.6 Å². The molecule has 0 radical (unpaired) electrons. The molecule has 0 amide bonds. The van der Waals surface area contributed by atoms with Crippen LogP contribution >= 0.6 is 0 Å². The van der Waals surface area contributed by atoms with Crippen molar-refractivity contribution in [2.75, 3.05) is 32.7 Å². The van der Waals surface area contributed by atoms with Crippen molar-refractivity contribution in [1.29, 1.82) is 0 Å². The molecule has 2 N–H and O–H groups in total. The molecule has 0 aliphatic carbocycles. The maximum Gasteiger partial charge on any atom is 0.191 e. The van der Waals surface area contributed by atoms with Crippen molar-refractivity contribution in [3.8, 4) is 0 Å². The smallest absolute Gasteiger partial charge is 0.191 e. The molecule has 2 heterocycles. The van der Waals surface area contributed by atoms with Gasteiger partial charge in [0.1, 0.15) is 0 Å². The maximum absolute atomic E-state index is 4.53. The summed E-state index contributed by atoms with van der Waals surface area (Å²) in [4.78, 5) is 7.16. The van der Waals surface area contributed by atoms with Gasteiger partial charge >= 0.3 is 0 Å². The Balaban J connectivity index is 1.67. The van der Waals surface area contributed by atoms with Gasteiger partial charge in [0.15, 0.2) is 5.96 Å². The van der Waals surface area contributed by atoms with Gasteiger partial charge in [-0.1, -0.05) is 37.3 Å². The molecule has 0 saturated carbocycles. The number of likely N-dealkylation sites (tertiary alicyclic amines) is 1. The number of aliphatic imine (C=N–C) groups is 1. The number of nitrogens with zero attached hydrogens (tertiary/aromatic N) is 2. The predicted octanol–water partition coefficient (Wildman–Crippen LogP) is 2.40. The highest BCUT2D eigenvalue weighted by Crippen LogP contribution is 2.26. The molecule has 2 aliphatic rings. The summed E-state index contributed by atoms with van der Waals surface area (Å²) in [6, 6.07) is 11.3. The summed E-state index contributed by atoms with van der Waals surface area (Å²) in [6.07, 6.45) is 3.75. The molecular formula is C18H28N4. The SMILES string of the molecule is CC1CCN([C@@H](CNC2=NCCCN2)c2ccccc2)CC1. The third kappa shape index (κ3) is 4.01. The molecule has 4 nitrogen and oxygen atoms in total. The Kier molecular flexibility index (Phi) is 5.33. The molecule has 2 aliphatic heterocycles. The number of hydrogen-bond acceptors (Lipinski definition) is 4. The van der Waals surface area contributed by atoms with Crippen LogP contribution in [0.5, 0.6) is 0 Å². The number of rotatable bonds is 4. The lowest BCUT2D eigenvalue weighted by molar-refractivity contribution is 0.138. The average Bonchev–Trinajstić information content (AvgIpc) is 2.58. The second kappa shape index (κ2) is 7.63. The fourth-order valence-corrected chi connectivity index (χ4v) is 3.32. The first kappa shape index (κ1) is 15.3. The summed E-state index contributed by atoms with van der Waals surface area (Å²) in [5.41, 5.74) is 1.40. The Bertz CT molecular complexity index is 477. The van der Waals surface area contributed by atoms with Gasteiger partial charge in [-0.05, 0) is 43.8 Å². The summed E-state index contributed by atoms with van der Waals surface area (Å²) >= 11 is 0. The Morgan fingerprint density at radius 2 is 2.05 bits per heavy atom. The van der Waals surface area contributed by atoms with Crippen LogP contribution in [-0.2, 0) is 0 Å². The normalized spacial score (nSPS) is 21.8. The molecule has 0 unspecified atom stereocenters. The van der Waals surface area contributed by atoms with Crippen molar-refractivity contribution in [2.24, 2.45) is 10.9 Å². The van der Waals surface area contributed by atoms with E-state index >= 15 is 0 Å². The molecule has 0 spiro atoms. The van der Waals surface area contributed by atoms with Crippen LogP contribution in [0.25, 0.3) is 0 Å². The third-order valence-corrected chi connectivity index (χ3v) is 4.80. The van der Waals surface area contributed by atoms with Crippen LogP contribution in [0.1, 0.15) is 37.8 Å². The molecular weight excluding hydrogens is 272 g/mol. The van der Waals surface area contributed by atoms with Gasteiger partial charge < -0.3 is 10.6 Å². The van der Waals surface area contributed by atoms with Crippen LogP contribution in [0.4, 0.5) is 0 Å². The summed E-state index contributed by atoms with van der Waals surface area (Å²) in [5, 5.41) is 6.88. The topological polar surface area (TPSA) is 39.7 Å². The zero-order valence-corrected chi connectivity index (χ0v) is 13.6. The zero-order chi connectivity index (χ0) is 15.2. The molecule has 22 heavy (non-hydrogen) atoms. The molecule has 0 aromatic heterocycles. The summed E-state index contributed by atoms with van der Waals surface area (Å²) in [5.74, 6) is 1.84. The first-order valence-electron chi connectivity index (χ1n) is 8.64. The summed E-state index contributed by atoms with van der Waals surface area (Å²) in [7, 11) is 0. The average molecular weight is 300 g/mol. The minimum atomic E-state index is 0.431. The number of hydrogen-bond donors (Lipinski definition) is 2. The van der Waals surface area contributed by atoms with Crippen LogP contribution in [0, 0.1) is 5.92 Å². The van der Waals surface area contributed by atoms with Gasteiger partial charge in [0.25, 0.3) is 0 Å². The molecule has 0 bridgehead atoms. The van der Waals surface area contributed by atoms with E-state index in [0.29, 0.717) is 6.04 Å². The Hall–Kier alpha value is -1.55. The van der Waals surface area contributed by atoms with Crippen molar-refractivity contribution in [3.63, 3.8) is 0 Å².